The fourth-order valence-electron chi connectivity index (χ4n) is 3.40. The SMILES string of the molecule is COc1cc(Br)cc(-c2c(-c3ccccc3)cccc2-c2ccccc2)c1. The predicted octanol–water partition coefficient (Wildman–Crippen LogP) is 7.46. The van der Waals surface area contributed by atoms with Gasteiger partial charge in [0.1, 0.15) is 5.75 Å². The van der Waals surface area contributed by atoms with E-state index in [1.807, 2.05) is 18.2 Å². The molecular weight excluding hydrogens is 396 g/mol. The normalized spacial score (nSPS) is 10.6. The van der Waals surface area contributed by atoms with Gasteiger partial charge < -0.3 is 4.74 Å². The van der Waals surface area contributed by atoms with Gasteiger partial charge in [0.15, 0.2) is 0 Å². The Balaban J connectivity index is 2.04. The highest BCUT2D eigenvalue weighted by Gasteiger charge is 2.15. The predicted molar refractivity (Wildman–Crippen MR) is 117 cm³/mol. The third-order valence-corrected chi connectivity index (χ3v) is 5.09. The van der Waals surface area contributed by atoms with Gasteiger partial charge in [-0.15, -0.1) is 0 Å². The lowest BCUT2D eigenvalue weighted by molar-refractivity contribution is 0.414. The first-order chi connectivity index (χ1) is 13.3. The van der Waals surface area contributed by atoms with Gasteiger partial charge in [-0.05, 0) is 51.6 Å². The molecule has 0 amide bonds. The molecule has 0 fully saturated rings. The molecule has 2 heteroatoms. The van der Waals surface area contributed by atoms with Gasteiger partial charge in [-0.1, -0.05) is 94.8 Å². The zero-order valence-corrected chi connectivity index (χ0v) is 16.6. The van der Waals surface area contributed by atoms with Gasteiger partial charge >= 0.3 is 0 Å². The average Bonchev–Trinajstić information content (AvgIpc) is 2.74. The van der Waals surface area contributed by atoms with Crippen LogP contribution < -0.4 is 4.74 Å². The molecule has 4 rings (SSSR count). The van der Waals surface area contributed by atoms with E-state index in [4.69, 9.17) is 4.74 Å². The molecule has 0 spiro atoms. The van der Waals surface area contributed by atoms with Gasteiger partial charge in [0.25, 0.3) is 0 Å². The van der Waals surface area contributed by atoms with Crippen molar-refractivity contribution in [2.45, 2.75) is 0 Å². The van der Waals surface area contributed by atoms with Crippen molar-refractivity contribution in [3.63, 3.8) is 0 Å². The maximum absolute atomic E-state index is 5.52. The Labute approximate surface area is 168 Å². The summed E-state index contributed by atoms with van der Waals surface area (Å²) in [5.41, 5.74) is 7.14. The molecule has 0 aliphatic rings. The average molecular weight is 415 g/mol. The van der Waals surface area contributed by atoms with Crippen molar-refractivity contribution in [3.05, 3.63) is 102 Å². The molecule has 0 radical (unpaired) electrons. The van der Waals surface area contributed by atoms with E-state index in [1.54, 1.807) is 7.11 Å². The van der Waals surface area contributed by atoms with Gasteiger partial charge in [0.2, 0.25) is 0 Å². The monoisotopic (exact) mass is 414 g/mol. The van der Waals surface area contributed by atoms with E-state index < -0.39 is 0 Å². The van der Waals surface area contributed by atoms with Gasteiger partial charge in [-0.2, -0.15) is 0 Å². The van der Waals surface area contributed by atoms with Gasteiger partial charge in [0, 0.05) is 4.47 Å². The lowest BCUT2D eigenvalue weighted by atomic mass is 9.87. The first-order valence-electron chi connectivity index (χ1n) is 8.85. The lowest BCUT2D eigenvalue weighted by Crippen LogP contribution is -1.92. The van der Waals surface area contributed by atoms with Gasteiger partial charge in [-0.3, -0.25) is 0 Å². The molecular formula is C25H19BrO. The molecule has 0 aliphatic carbocycles. The Morgan fingerprint density at radius 3 is 1.67 bits per heavy atom. The molecule has 132 valence electrons. The molecule has 4 aromatic rings. The summed E-state index contributed by atoms with van der Waals surface area (Å²) in [5, 5.41) is 0. The lowest BCUT2D eigenvalue weighted by Gasteiger charge is -2.17. The molecule has 0 saturated carbocycles. The van der Waals surface area contributed by atoms with E-state index in [0.717, 1.165) is 15.8 Å². The summed E-state index contributed by atoms with van der Waals surface area (Å²) in [6, 6.07) is 33.8. The van der Waals surface area contributed by atoms with Crippen LogP contribution in [0.3, 0.4) is 0 Å². The van der Waals surface area contributed by atoms with E-state index in [2.05, 4.69) is 94.8 Å². The largest absolute Gasteiger partial charge is 0.497 e. The minimum absolute atomic E-state index is 0.834. The molecule has 0 aromatic heterocycles. The number of rotatable bonds is 4. The molecule has 0 atom stereocenters. The van der Waals surface area contributed by atoms with E-state index in [1.165, 1.54) is 27.8 Å². The van der Waals surface area contributed by atoms with Crippen molar-refractivity contribution in [1.82, 2.24) is 0 Å². The molecule has 27 heavy (non-hydrogen) atoms. The van der Waals surface area contributed by atoms with E-state index in [-0.39, 0.29) is 0 Å². The standard InChI is InChI=1S/C25H19BrO/c1-27-22-16-20(15-21(26)17-22)25-23(18-9-4-2-5-10-18)13-8-14-24(25)19-11-6-3-7-12-19/h2-17H,1H3. The summed E-state index contributed by atoms with van der Waals surface area (Å²) < 4.78 is 6.52. The molecule has 0 aliphatic heterocycles. The van der Waals surface area contributed by atoms with Crippen molar-refractivity contribution in [2.75, 3.05) is 7.11 Å². The van der Waals surface area contributed by atoms with E-state index in [9.17, 15) is 0 Å². The number of hydrogen-bond acceptors (Lipinski definition) is 1. The molecule has 0 heterocycles. The summed E-state index contributed by atoms with van der Waals surface area (Å²) in [5.74, 6) is 0.834. The molecule has 0 bridgehead atoms. The molecule has 1 nitrogen and oxygen atoms in total. The Morgan fingerprint density at radius 2 is 1.15 bits per heavy atom. The van der Waals surface area contributed by atoms with Crippen molar-refractivity contribution < 1.29 is 4.74 Å². The summed E-state index contributed by atoms with van der Waals surface area (Å²) in [7, 11) is 1.70. The number of methoxy groups -OCH3 is 1. The Morgan fingerprint density at radius 1 is 0.593 bits per heavy atom. The second kappa shape index (κ2) is 7.81. The first kappa shape index (κ1) is 17.6. The van der Waals surface area contributed by atoms with Crippen LogP contribution in [-0.4, -0.2) is 7.11 Å². The van der Waals surface area contributed by atoms with Crippen LogP contribution in [0.5, 0.6) is 5.75 Å². The maximum Gasteiger partial charge on any atom is 0.120 e. The fraction of sp³-hybridized carbons (Fsp3) is 0.0400. The minimum atomic E-state index is 0.834. The van der Waals surface area contributed by atoms with Gasteiger partial charge in [0.05, 0.1) is 7.11 Å². The first-order valence-corrected chi connectivity index (χ1v) is 9.64. The summed E-state index contributed by atoms with van der Waals surface area (Å²) in [4.78, 5) is 0. The Bertz CT molecular complexity index is 998. The Hall–Kier alpha value is -2.84. The number of ether oxygens (including phenoxy) is 1. The highest BCUT2D eigenvalue weighted by atomic mass is 79.9. The number of halogens is 1. The molecule has 4 aromatic carbocycles. The van der Waals surface area contributed by atoms with E-state index in [0.29, 0.717) is 0 Å². The Kier molecular flexibility index (Phi) is 5.08. The summed E-state index contributed by atoms with van der Waals surface area (Å²) >= 11 is 3.63. The molecule has 0 N–H and O–H groups in total. The van der Waals surface area contributed by atoms with Crippen LogP contribution in [-0.2, 0) is 0 Å². The van der Waals surface area contributed by atoms with E-state index >= 15 is 0 Å². The fourth-order valence-corrected chi connectivity index (χ4v) is 3.88. The van der Waals surface area contributed by atoms with Crippen molar-refractivity contribution >= 4 is 15.9 Å². The summed E-state index contributed by atoms with van der Waals surface area (Å²) in [6.07, 6.45) is 0. The van der Waals surface area contributed by atoms with Gasteiger partial charge in [-0.25, -0.2) is 0 Å². The maximum atomic E-state index is 5.52. The third-order valence-electron chi connectivity index (χ3n) is 4.63. The van der Waals surface area contributed by atoms with Crippen LogP contribution in [0.2, 0.25) is 0 Å². The van der Waals surface area contributed by atoms with Crippen molar-refractivity contribution in [1.29, 1.82) is 0 Å². The van der Waals surface area contributed by atoms with Crippen molar-refractivity contribution in [2.24, 2.45) is 0 Å². The molecule has 0 unspecified atom stereocenters. The van der Waals surface area contributed by atoms with Crippen LogP contribution in [0.15, 0.2) is 102 Å². The van der Waals surface area contributed by atoms with Crippen LogP contribution in [0.1, 0.15) is 0 Å². The number of hydrogen-bond donors (Lipinski definition) is 0. The highest BCUT2D eigenvalue weighted by molar-refractivity contribution is 9.10. The zero-order chi connectivity index (χ0) is 18.6. The third kappa shape index (κ3) is 3.67. The second-order valence-corrected chi connectivity index (χ2v) is 7.26. The van der Waals surface area contributed by atoms with Crippen LogP contribution >= 0.6 is 15.9 Å². The summed E-state index contributed by atoms with van der Waals surface area (Å²) in [6.45, 7) is 0. The smallest absolute Gasteiger partial charge is 0.120 e. The second-order valence-electron chi connectivity index (χ2n) is 6.34. The van der Waals surface area contributed by atoms with Crippen LogP contribution in [0.4, 0.5) is 0 Å². The zero-order valence-electron chi connectivity index (χ0n) is 15.0. The number of benzene rings is 4. The minimum Gasteiger partial charge on any atom is -0.497 e. The molecule has 0 saturated heterocycles. The topological polar surface area (TPSA) is 9.23 Å². The quantitative estimate of drug-likeness (QED) is 0.336. The van der Waals surface area contributed by atoms with Crippen LogP contribution in [0.25, 0.3) is 33.4 Å². The van der Waals surface area contributed by atoms with Crippen LogP contribution in [0, 0.1) is 0 Å². The van der Waals surface area contributed by atoms with Crippen molar-refractivity contribution in [3.8, 4) is 39.1 Å². The highest BCUT2D eigenvalue weighted by Crippen LogP contribution is 2.41.